The molecule has 0 aliphatic heterocycles. The van der Waals surface area contributed by atoms with Crippen LogP contribution in [-0.2, 0) is 0 Å². The minimum absolute atomic E-state index is 0.0102. The minimum atomic E-state index is -0.114. The van der Waals surface area contributed by atoms with Crippen molar-refractivity contribution < 1.29 is 15.0 Å². The van der Waals surface area contributed by atoms with Gasteiger partial charge in [0.25, 0.3) is 0 Å². The fourth-order valence-corrected chi connectivity index (χ4v) is 1.18. The third-order valence-electron chi connectivity index (χ3n) is 1.90. The number of phenolic OH excluding ortho intramolecular Hbond substituents is 1. The maximum Gasteiger partial charge on any atom is 0.165 e. The molecule has 4 heteroatoms. The molecule has 0 radical (unpaired) electrons. The number of rotatable bonds is 4. The molecule has 0 amide bonds. The van der Waals surface area contributed by atoms with E-state index in [9.17, 15) is 4.79 Å². The van der Waals surface area contributed by atoms with Crippen molar-refractivity contribution in [1.29, 1.82) is 0 Å². The standard InChI is InChI=1S/C10H13NO3/c11-9-6-7(13)3-4-8(9)10(14)2-1-5-12/h3-4,6,12-13H,1-2,5,11H2. The second-order valence-corrected chi connectivity index (χ2v) is 3.02. The molecule has 76 valence electrons. The van der Waals surface area contributed by atoms with E-state index in [0.717, 1.165) is 0 Å². The van der Waals surface area contributed by atoms with Crippen molar-refractivity contribution in [2.24, 2.45) is 0 Å². The summed E-state index contributed by atoms with van der Waals surface area (Å²) in [6, 6.07) is 4.25. The van der Waals surface area contributed by atoms with E-state index in [4.69, 9.17) is 15.9 Å². The molecule has 0 fully saturated rings. The van der Waals surface area contributed by atoms with Crippen LogP contribution in [0.1, 0.15) is 23.2 Å². The lowest BCUT2D eigenvalue weighted by molar-refractivity contribution is 0.0972. The molecule has 0 saturated carbocycles. The summed E-state index contributed by atoms with van der Waals surface area (Å²) in [6.45, 7) is -0.0102. The zero-order valence-electron chi connectivity index (χ0n) is 7.73. The highest BCUT2D eigenvalue weighted by molar-refractivity contribution is 6.00. The second-order valence-electron chi connectivity index (χ2n) is 3.02. The molecule has 0 atom stereocenters. The summed E-state index contributed by atoms with van der Waals surface area (Å²) in [7, 11) is 0. The van der Waals surface area contributed by atoms with Gasteiger partial charge in [0.1, 0.15) is 5.75 Å². The van der Waals surface area contributed by atoms with Gasteiger partial charge in [0.15, 0.2) is 5.78 Å². The van der Waals surface area contributed by atoms with Gasteiger partial charge in [0, 0.05) is 30.3 Å². The lowest BCUT2D eigenvalue weighted by Gasteiger charge is -2.04. The number of benzene rings is 1. The summed E-state index contributed by atoms with van der Waals surface area (Å²) >= 11 is 0. The predicted octanol–water partition coefficient (Wildman–Crippen LogP) is 0.930. The number of ketones is 1. The molecule has 0 aromatic heterocycles. The van der Waals surface area contributed by atoms with Gasteiger partial charge in [-0.3, -0.25) is 4.79 Å². The number of aromatic hydroxyl groups is 1. The number of carbonyl (C=O) groups excluding carboxylic acids is 1. The molecular weight excluding hydrogens is 182 g/mol. The van der Waals surface area contributed by atoms with Crippen LogP contribution in [-0.4, -0.2) is 22.6 Å². The molecule has 1 aromatic carbocycles. The zero-order valence-corrected chi connectivity index (χ0v) is 7.73. The van der Waals surface area contributed by atoms with E-state index >= 15 is 0 Å². The monoisotopic (exact) mass is 195 g/mol. The Balaban J connectivity index is 2.80. The van der Waals surface area contributed by atoms with E-state index < -0.39 is 0 Å². The average Bonchev–Trinajstić information content (AvgIpc) is 2.14. The van der Waals surface area contributed by atoms with Gasteiger partial charge in [-0.15, -0.1) is 0 Å². The van der Waals surface area contributed by atoms with Gasteiger partial charge >= 0.3 is 0 Å². The molecule has 1 aromatic rings. The van der Waals surface area contributed by atoms with Crippen LogP contribution >= 0.6 is 0 Å². The maximum absolute atomic E-state index is 11.5. The Morgan fingerprint density at radius 3 is 2.71 bits per heavy atom. The zero-order chi connectivity index (χ0) is 10.6. The molecule has 4 nitrogen and oxygen atoms in total. The number of Topliss-reactive ketones (excluding diaryl/α,β-unsaturated/α-hetero) is 1. The Labute approximate surface area is 82.0 Å². The van der Waals surface area contributed by atoms with E-state index in [1.807, 2.05) is 0 Å². The minimum Gasteiger partial charge on any atom is -0.508 e. The maximum atomic E-state index is 11.5. The van der Waals surface area contributed by atoms with Crippen LogP contribution in [0.3, 0.4) is 0 Å². The van der Waals surface area contributed by atoms with Gasteiger partial charge in [-0.05, 0) is 18.6 Å². The second kappa shape index (κ2) is 4.62. The van der Waals surface area contributed by atoms with Crippen LogP contribution < -0.4 is 5.73 Å². The molecule has 1 rings (SSSR count). The number of aliphatic hydroxyl groups is 1. The predicted molar refractivity (Wildman–Crippen MR) is 53.2 cm³/mol. The number of hydrogen-bond acceptors (Lipinski definition) is 4. The van der Waals surface area contributed by atoms with Gasteiger partial charge in [-0.1, -0.05) is 0 Å². The summed E-state index contributed by atoms with van der Waals surface area (Å²) in [6.07, 6.45) is 0.699. The van der Waals surface area contributed by atoms with Crippen LogP contribution in [0.2, 0.25) is 0 Å². The van der Waals surface area contributed by atoms with Gasteiger partial charge < -0.3 is 15.9 Å². The number of carbonyl (C=O) groups is 1. The highest BCUT2D eigenvalue weighted by Crippen LogP contribution is 2.20. The Hall–Kier alpha value is -1.55. The van der Waals surface area contributed by atoms with Crippen molar-refractivity contribution >= 4 is 11.5 Å². The normalized spacial score (nSPS) is 10.1. The van der Waals surface area contributed by atoms with Crippen LogP contribution in [0.5, 0.6) is 5.75 Å². The number of anilines is 1. The van der Waals surface area contributed by atoms with Crippen LogP contribution in [0.25, 0.3) is 0 Å². The van der Waals surface area contributed by atoms with E-state index in [1.165, 1.54) is 18.2 Å². The fraction of sp³-hybridized carbons (Fsp3) is 0.300. The van der Waals surface area contributed by atoms with E-state index in [0.29, 0.717) is 12.0 Å². The first-order chi connectivity index (χ1) is 6.65. The van der Waals surface area contributed by atoms with Crippen molar-refractivity contribution in [3.8, 4) is 5.75 Å². The van der Waals surface area contributed by atoms with Crippen molar-refractivity contribution in [3.63, 3.8) is 0 Å². The Bertz CT molecular complexity index is 336. The molecule has 0 unspecified atom stereocenters. The largest absolute Gasteiger partial charge is 0.508 e. The average molecular weight is 195 g/mol. The number of aliphatic hydroxyl groups excluding tert-OH is 1. The molecule has 14 heavy (non-hydrogen) atoms. The quantitative estimate of drug-likeness (QED) is 0.493. The Kier molecular flexibility index (Phi) is 3.48. The summed E-state index contributed by atoms with van der Waals surface area (Å²) in [4.78, 5) is 11.5. The third-order valence-corrected chi connectivity index (χ3v) is 1.90. The Morgan fingerprint density at radius 2 is 2.14 bits per heavy atom. The molecule has 0 spiro atoms. The van der Waals surface area contributed by atoms with Crippen molar-refractivity contribution in [2.45, 2.75) is 12.8 Å². The van der Waals surface area contributed by atoms with Gasteiger partial charge in [0.05, 0.1) is 0 Å². The molecule has 0 saturated heterocycles. The van der Waals surface area contributed by atoms with Gasteiger partial charge in [-0.25, -0.2) is 0 Å². The number of nitrogen functional groups attached to an aromatic ring is 1. The molecule has 4 N–H and O–H groups in total. The third kappa shape index (κ3) is 2.47. The van der Waals surface area contributed by atoms with E-state index in [-0.39, 0.29) is 30.2 Å². The number of hydrogen-bond donors (Lipinski definition) is 3. The molecular formula is C10H13NO3. The molecule has 0 aliphatic rings. The molecule has 0 bridgehead atoms. The topological polar surface area (TPSA) is 83.5 Å². The van der Waals surface area contributed by atoms with Crippen molar-refractivity contribution in [2.75, 3.05) is 12.3 Å². The van der Waals surface area contributed by atoms with Crippen molar-refractivity contribution in [3.05, 3.63) is 23.8 Å². The summed E-state index contributed by atoms with van der Waals surface area (Å²) in [5.41, 5.74) is 6.22. The first-order valence-electron chi connectivity index (χ1n) is 4.37. The summed E-state index contributed by atoms with van der Waals surface area (Å²) in [5, 5.41) is 17.6. The highest BCUT2D eigenvalue weighted by atomic mass is 16.3. The lowest BCUT2D eigenvalue weighted by Crippen LogP contribution is -2.04. The lowest BCUT2D eigenvalue weighted by atomic mass is 10.0. The highest BCUT2D eigenvalue weighted by Gasteiger charge is 2.09. The first-order valence-corrected chi connectivity index (χ1v) is 4.37. The summed E-state index contributed by atoms with van der Waals surface area (Å²) < 4.78 is 0. The fourth-order valence-electron chi connectivity index (χ4n) is 1.18. The number of nitrogens with two attached hydrogens (primary N) is 1. The summed E-state index contributed by atoms with van der Waals surface area (Å²) in [5.74, 6) is -0.0715. The van der Waals surface area contributed by atoms with E-state index in [2.05, 4.69) is 0 Å². The number of phenols is 1. The van der Waals surface area contributed by atoms with E-state index in [1.54, 1.807) is 0 Å². The molecule has 0 aliphatic carbocycles. The van der Waals surface area contributed by atoms with Crippen LogP contribution in [0, 0.1) is 0 Å². The smallest absolute Gasteiger partial charge is 0.165 e. The SMILES string of the molecule is Nc1cc(O)ccc1C(=O)CCCO. The molecule has 0 heterocycles. The Morgan fingerprint density at radius 1 is 1.43 bits per heavy atom. The van der Waals surface area contributed by atoms with Crippen LogP contribution in [0.15, 0.2) is 18.2 Å². The van der Waals surface area contributed by atoms with Gasteiger partial charge in [-0.2, -0.15) is 0 Å². The first kappa shape index (κ1) is 10.5. The van der Waals surface area contributed by atoms with Crippen molar-refractivity contribution in [1.82, 2.24) is 0 Å². The van der Waals surface area contributed by atoms with Gasteiger partial charge in [0.2, 0.25) is 0 Å². The van der Waals surface area contributed by atoms with Crippen LogP contribution in [0.4, 0.5) is 5.69 Å².